The van der Waals surface area contributed by atoms with Crippen LogP contribution in [0.4, 0.5) is 0 Å². The number of hydrogen-bond acceptors (Lipinski definition) is 5. The first kappa shape index (κ1) is 18.4. The number of nitrogens with zero attached hydrogens (tertiary/aromatic N) is 3. The third kappa shape index (κ3) is 4.41. The average Bonchev–Trinajstić information content (AvgIpc) is 2.42. The number of carbonyl (C=O) groups is 1. The van der Waals surface area contributed by atoms with Gasteiger partial charge in [-0.05, 0) is 20.8 Å². The van der Waals surface area contributed by atoms with Gasteiger partial charge in [0.05, 0.1) is 13.1 Å². The summed E-state index contributed by atoms with van der Waals surface area (Å²) in [6.07, 6.45) is 2.70. The van der Waals surface area contributed by atoms with Crippen molar-refractivity contribution in [2.45, 2.75) is 46.0 Å². The molecule has 1 rings (SSSR count). The third-order valence-electron chi connectivity index (χ3n) is 2.72. The standard InChI is InChI=1S/C15H21N3O5/c1-6-8-16-12(20)17(9-7-2)14(22)18(13(16)21)10-11(19)23-15(3,4)5/h6-7H,1-2,8-10H2,3-5H3. The highest BCUT2D eigenvalue weighted by atomic mass is 16.6. The van der Waals surface area contributed by atoms with Crippen molar-refractivity contribution in [3.05, 3.63) is 56.8 Å². The zero-order valence-electron chi connectivity index (χ0n) is 13.6. The van der Waals surface area contributed by atoms with Gasteiger partial charge < -0.3 is 4.74 Å². The fraction of sp³-hybridized carbons (Fsp3) is 0.467. The second-order valence-corrected chi connectivity index (χ2v) is 5.82. The minimum Gasteiger partial charge on any atom is -0.459 e. The maximum Gasteiger partial charge on any atom is 0.337 e. The molecule has 0 aliphatic rings. The molecule has 0 saturated carbocycles. The quantitative estimate of drug-likeness (QED) is 0.538. The second kappa shape index (κ2) is 7.08. The van der Waals surface area contributed by atoms with Crippen molar-refractivity contribution in [3.63, 3.8) is 0 Å². The summed E-state index contributed by atoms with van der Waals surface area (Å²) in [5.74, 6) is -0.745. The molecule has 0 aromatic carbocycles. The van der Waals surface area contributed by atoms with Crippen LogP contribution in [0, 0.1) is 0 Å². The van der Waals surface area contributed by atoms with Gasteiger partial charge in [0, 0.05) is 0 Å². The van der Waals surface area contributed by atoms with E-state index in [2.05, 4.69) is 13.2 Å². The number of rotatable bonds is 6. The van der Waals surface area contributed by atoms with Gasteiger partial charge in [-0.15, -0.1) is 13.2 Å². The van der Waals surface area contributed by atoms with Crippen LogP contribution in [-0.2, 0) is 29.2 Å². The van der Waals surface area contributed by atoms with Crippen molar-refractivity contribution in [1.29, 1.82) is 0 Å². The fourth-order valence-corrected chi connectivity index (χ4v) is 1.89. The van der Waals surface area contributed by atoms with Gasteiger partial charge in [-0.25, -0.2) is 28.1 Å². The van der Waals surface area contributed by atoms with Gasteiger partial charge in [-0.2, -0.15) is 0 Å². The Morgan fingerprint density at radius 1 is 0.957 bits per heavy atom. The van der Waals surface area contributed by atoms with Gasteiger partial charge in [0.25, 0.3) is 0 Å². The lowest BCUT2D eigenvalue weighted by molar-refractivity contribution is -0.155. The molecule has 23 heavy (non-hydrogen) atoms. The number of ether oxygens (including phenoxy) is 1. The molecule has 0 aliphatic heterocycles. The maximum absolute atomic E-state index is 12.3. The number of aromatic nitrogens is 3. The molecule has 0 spiro atoms. The Labute approximate surface area is 132 Å². The van der Waals surface area contributed by atoms with E-state index in [4.69, 9.17) is 4.74 Å². The van der Waals surface area contributed by atoms with Crippen molar-refractivity contribution < 1.29 is 9.53 Å². The average molecular weight is 323 g/mol. The molecule has 0 bridgehead atoms. The Hall–Kier alpha value is -2.64. The van der Waals surface area contributed by atoms with E-state index in [-0.39, 0.29) is 13.1 Å². The SMILES string of the molecule is C=CCn1c(=O)n(CC=C)c(=O)n(CC(=O)OC(C)(C)C)c1=O. The zero-order chi connectivity index (χ0) is 17.8. The summed E-state index contributed by atoms with van der Waals surface area (Å²) in [5.41, 5.74) is -3.30. The first-order chi connectivity index (χ1) is 10.6. The lowest BCUT2D eigenvalue weighted by atomic mass is 10.2. The van der Waals surface area contributed by atoms with Gasteiger partial charge in [0.1, 0.15) is 12.1 Å². The van der Waals surface area contributed by atoms with E-state index in [1.54, 1.807) is 20.8 Å². The van der Waals surface area contributed by atoms with Crippen molar-refractivity contribution >= 4 is 5.97 Å². The van der Waals surface area contributed by atoms with Gasteiger partial charge in [-0.1, -0.05) is 12.2 Å². The molecule has 0 atom stereocenters. The first-order valence-electron chi connectivity index (χ1n) is 7.00. The fourth-order valence-electron chi connectivity index (χ4n) is 1.89. The molecule has 126 valence electrons. The number of esters is 1. The van der Waals surface area contributed by atoms with Crippen molar-refractivity contribution in [2.75, 3.05) is 0 Å². The van der Waals surface area contributed by atoms with E-state index in [0.717, 1.165) is 9.13 Å². The Kier molecular flexibility index (Phi) is 5.67. The maximum atomic E-state index is 12.3. The lowest BCUT2D eigenvalue weighted by Crippen LogP contribution is -2.55. The minimum absolute atomic E-state index is 0.0800. The highest BCUT2D eigenvalue weighted by molar-refractivity contribution is 5.69. The molecule has 0 aliphatic carbocycles. The predicted octanol–water partition coefficient (Wildman–Crippen LogP) is -0.115. The van der Waals surface area contributed by atoms with E-state index in [1.807, 2.05) is 0 Å². The molecular formula is C15H21N3O5. The van der Waals surface area contributed by atoms with Crippen LogP contribution in [0.2, 0.25) is 0 Å². The largest absolute Gasteiger partial charge is 0.459 e. The van der Waals surface area contributed by atoms with Gasteiger partial charge >= 0.3 is 23.0 Å². The number of carbonyl (C=O) groups excluding carboxylic acids is 1. The highest BCUT2D eigenvalue weighted by Gasteiger charge is 2.20. The van der Waals surface area contributed by atoms with E-state index in [1.165, 1.54) is 12.2 Å². The minimum atomic E-state index is -0.883. The zero-order valence-corrected chi connectivity index (χ0v) is 13.6. The van der Waals surface area contributed by atoms with Crippen molar-refractivity contribution in [2.24, 2.45) is 0 Å². The molecule has 8 heteroatoms. The van der Waals surface area contributed by atoms with Crippen LogP contribution in [0.1, 0.15) is 20.8 Å². The van der Waals surface area contributed by atoms with Crippen LogP contribution >= 0.6 is 0 Å². The Balaban J connectivity index is 3.47. The van der Waals surface area contributed by atoms with Gasteiger partial charge in [0.15, 0.2) is 0 Å². The summed E-state index contributed by atoms with van der Waals surface area (Å²) in [6.45, 7) is 11.2. The smallest absolute Gasteiger partial charge is 0.337 e. The molecule has 8 nitrogen and oxygen atoms in total. The molecule has 1 aromatic heterocycles. The van der Waals surface area contributed by atoms with Crippen molar-refractivity contribution in [1.82, 2.24) is 13.7 Å². The van der Waals surface area contributed by atoms with Gasteiger partial charge in [-0.3, -0.25) is 4.79 Å². The Bertz CT molecular complexity index is 741. The molecule has 0 radical (unpaired) electrons. The van der Waals surface area contributed by atoms with E-state index >= 15 is 0 Å². The van der Waals surface area contributed by atoms with Crippen LogP contribution in [0.25, 0.3) is 0 Å². The van der Waals surface area contributed by atoms with E-state index in [9.17, 15) is 19.2 Å². The van der Waals surface area contributed by atoms with Crippen LogP contribution in [-0.4, -0.2) is 25.3 Å². The summed E-state index contributed by atoms with van der Waals surface area (Å²) in [6, 6.07) is 0. The van der Waals surface area contributed by atoms with Crippen LogP contribution < -0.4 is 17.1 Å². The molecular weight excluding hydrogens is 302 g/mol. The molecule has 1 aromatic rings. The molecule has 1 heterocycles. The Morgan fingerprint density at radius 2 is 1.35 bits per heavy atom. The molecule has 0 unspecified atom stereocenters. The van der Waals surface area contributed by atoms with E-state index in [0.29, 0.717) is 4.57 Å². The summed E-state index contributed by atoms with van der Waals surface area (Å²) < 4.78 is 7.42. The second-order valence-electron chi connectivity index (χ2n) is 5.82. The normalized spacial score (nSPS) is 11.1. The summed E-state index contributed by atoms with van der Waals surface area (Å²) in [5, 5.41) is 0. The molecule has 0 amide bonds. The number of allylic oxidation sites excluding steroid dienone is 2. The monoisotopic (exact) mass is 323 g/mol. The third-order valence-corrected chi connectivity index (χ3v) is 2.72. The Morgan fingerprint density at radius 3 is 1.70 bits per heavy atom. The topological polar surface area (TPSA) is 92.3 Å². The lowest BCUT2D eigenvalue weighted by Gasteiger charge is -2.20. The molecule has 0 N–H and O–H groups in total. The highest BCUT2D eigenvalue weighted by Crippen LogP contribution is 2.06. The first-order valence-corrected chi connectivity index (χ1v) is 7.00. The summed E-state index contributed by atoms with van der Waals surface area (Å²) >= 11 is 0. The summed E-state index contributed by atoms with van der Waals surface area (Å²) in [4.78, 5) is 48.6. The van der Waals surface area contributed by atoms with Crippen LogP contribution in [0.3, 0.4) is 0 Å². The van der Waals surface area contributed by atoms with Crippen LogP contribution in [0.15, 0.2) is 39.7 Å². The van der Waals surface area contributed by atoms with Crippen LogP contribution in [0.5, 0.6) is 0 Å². The molecule has 0 saturated heterocycles. The predicted molar refractivity (Wildman–Crippen MR) is 85.5 cm³/mol. The molecule has 0 fully saturated rings. The summed E-state index contributed by atoms with van der Waals surface area (Å²) in [7, 11) is 0. The van der Waals surface area contributed by atoms with Gasteiger partial charge in [0.2, 0.25) is 0 Å². The van der Waals surface area contributed by atoms with Crippen molar-refractivity contribution in [3.8, 4) is 0 Å². The van der Waals surface area contributed by atoms with E-state index < -0.39 is 35.2 Å². The number of hydrogen-bond donors (Lipinski definition) is 0.